The van der Waals surface area contributed by atoms with Crippen molar-refractivity contribution in [1.82, 2.24) is 15.1 Å². The average Bonchev–Trinajstić information content (AvgIpc) is 2.86. The number of nitrogens with zero attached hydrogens (tertiary/aromatic N) is 2. The van der Waals surface area contributed by atoms with Gasteiger partial charge in [-0.3, -0.25) is 4.79 Å². The molecule has 1 heterocycles. The molecule has 3 rings (SSSR count). The summed E-state index contributed by atoms with van der Waals surface area (Å²) in [6.45, 7) is 2.01. The number of rotatable bonds is 3. The third-order valence-corrected chi connectivity index (χ3v) is 4.25. The van der Waals surface area contributed by atoms with E-state index in [2.05, 4.69) is 10.4 Å². The van der Waals surface area contributed by atoms with Gasteiger partial charge < -0.3 is 5.32 Å². The van der Waals surface area contributed by atoms with Gasteiger partial charge in [0, 0.05) is 25.1 Å². The minimum atomic E-state index is -0.691. The van der Waals surface area contributed by atoms with Crippen molar-refractivity contribution >= 4 is 29.1 Å². The van der Waals surface area contributed by atoms with Crippen molar-refractivity contribution in [2.24, 2.45) is 0 Å². The molecule has 0 spiro atoms. The number of hydrogen-bond donors (Lipinski definition) is 1. The molecule has 1 aromatic carbocycles. The number of carbonyl (C=O) groups is 1. The quantitative estimate of drug-likeness (QED) is 0.881. The van der Waals surface area contributed by atoms with Gasteiger partial charge in [-0.15, -0.1) is 23.2 Å². The Hall–Kier alpha value is -1.52. The maximum absolute atomic E-state index is 12.1. The maximum Gasteiger partial charge on any atom is 0.254 e. The fourth-order valence-electron chi connectivity index (χ4n) is 2.42. The van der Waals surface area contributed by atoms with Crippen LogP contribution in [0.2, 0.25) is 0 Å². The van der Waals surface area contributed by atoms with E-state index >= 15 is 0 Å². The molecule has 0 saturated heterocycles. The Bertz CT molecular complexity index is 673. The number of aryl methyl sites for hydroxylation is 1. The van der Waals surface area contributed by atoms with Crippen molar-refractivity contribution in [2.45, 2.75) is 30.1 Å². The number of para-hydroxylation sites is 1. The second-order valence-electron chi connectivity index (χ2n) is 5.39. The lowest BCUT2D eigenvalue weighted by atomic mass is 9.91. The molecule has 1 aliphatic rings. The topological polar surface area (TPSA) is 46.9 Å². The summed E-state index contributed by atoms with van der Waals surface area (Å²) in [5.74, 6) is -0.149. The van der Waals surface area contributed by atoms with Gasteiger partial charge in [0.2, 0.25) is 0 Å². The molecular weight excluding hydrogens is 309 g/mol. The average molecular weight is 324 g/mol. The van der Waals surface area contributed by atoms with Crippen LogP contribution in [0.4, 0.5) is 0 Å². The third kappa shape index (κ3) is 3.06. The Morgan fingerprint density at radius 3 is 2.76 bits per heavy atom. The summed E-state index contributed by atoms with van der Waals surface area (Å²) < 4.78 is 1.02. The highest BCUT2D eigenvalue weighted by molar-refractivity contribution is 6.49. The molecule has 4 nitrogen and oxygen atoms in total. The van der Waals surface area contributed by atoms with Gasteiger partial charge in [-0.1, -0.05) is 18.2 Å². The zero-order chi connectivity index (χ0) is 15.0. The van der Waals surface area contributed by atoms with Gasteiger partial charge in [0.05, 0.1) is 17.4 Å². The van der Waals surface area contributed by atoms with E-state index < -0.39 is 4.33 Å². The normalized spacial score (nSPS) is 17.3. The first-order valence-electron chi connectivity index (χ1n) is 6.74. The summed E-state index contributed by atoms with van der Waals surface area (Å²) in [5.41, 5.74) is 2.58. The van der Waals surface area contributed by atoms with Gasteiger partial charge in [-0.25, -0.2) is 4.68 Å². The van der Waals surface area contributed by atoms with Gasteiger partial charge in [-0.05, 0) is 18.6 Å². The van der Waals surface area contributed by atoms with Crippen molar-refractivity contribution in [1.29, 1.82) is 0 Å². The number of hydrogen-bond acceptors (Lipinski definition) is 2. The van der Waals surface area contributed by atoms with Gasteiger partial charge in [-0.2, -0.15) is 5.10 Å². The van der Waals surface area contributed by atoms with E-state index in [4.69, 9.17) is 23.2 Å². The van der Waals surface area contributed by atoms with E-state index in [9.17, 15) is 4.79 Å². The Balaban J connectivity index is 1.71. The van der Waals surface area contributed by atoms with Gasteiger partial charge in [0.1, 0.15) is 4.33 Å². The molecule has 2 aromatic rings. The molecule has 1 fully saturated rings. The van der Waals surface area contributed by atoms with E-state index in [1.807, 2.05) is 31.2 Å². The number of amides is 1. The predicted molar refractivity (Wildman–Crippen MR) is 83.2 cm³/mol. The number of carbonyl (C=O) groups excluding carboxylic acids is 1. The molecule has 21 heavy (non-hydrogen) atoms. The SMILES string of the molecule is Cc1ccccc1-n1cc(C(=O)NC2CC(Cl)(Cl)C2)cn1. The fourth-order valence-corrected chi connectivity index (χ4v) is 3.17. The van der Waals surface area contributed by atoms with Crippen LogP contribution >= 0.6 is 23.2 Å². The lowest BCUT2D eigenvalue weighted by molar-refractivity contribution is 0.0914. The minimum absolute atomic E-state index is 0.0364. The number of aromatic nitrogens is 2. The van der Waals surface area contributed by atoms with Crippen molar-refractivity contribution < 1.29 is 4.79 Å². The number of benzene rings is 1. The molecule has 0 bridgehead atoms. The minimum Gasteiger partial charge on any atom is -0.349 e. The van der Waals surface area contributed by atoms with Crippen molar-refractivity contribution in [2.75, 3.05) is 0 Å². The highest BCUT2D eigenvalue weighted by Gasteiger charge is 2.41. The van der Waals surface area contributed by atoms with Crippen LogP contribution in [-0.4, -0.2) is 26.1 Å². The van der Waals surface area contributed by atoms with Crippen molar-refractivity contribution in [3.05, 3.63) is 47.8 Å². The largest absolute Gasteiger partial charge is 0.349 e. The summed E-state index contributed by atoms with van der Waals surface area (Å²) in [6, 6.07) is 7.92. The molecule has 0 aliphatic heterocycles. The predicted octanol–water partition coefficient (Wildman–Crippen LogP) is 3.25. The summed E-state index contributed by atoms with van der Waals surface area (Å²) in [7, 11) is 0. The molecule has 0 atom stereocenters. The fraction of sp³-hybridized carbons (Fsp3) is 0.333. The molecule has 6 heteroatoms. The Morgan fingerprint density at radius 2 is 2.10 bits per heavy atom. The van der Waals surface area contributed by atoms with Crippen LogP contribution in [0.1, 0.15) is 28.8 Å². The zero-order valence-electron chi connectivity index (χ0n) is 11.5. The molecule has 110 valence electrons. The summed E-state index contributed by atoms with van der Waals surface area (Å²) >= 11 is 11.9. The number of halogens is 2. The lowest BCUT2D eigenvalue weighted by Gasteiger charge is -2.38. The first-order chi connectivity index (χ1) is 9.94. The van der Waals surface area contributed by atoms with Gasteiger partial charge in [0.15, 0.2) is 0 Å². The van der Waals surface area contributed by atoms with Gasteiger partial charge in [0.25, 0.3) is 5.91 Å². The third-order valence-electron chi connectivity index (χ3n) is 3.63. The molecule has 1 N–H and O–H groups in total. The smallest absolute Gasteiger partial charge is 0.254 e. The van der Waals surface area contributed by atoms with E-state index in [0.29, 0.717) is 18.4 Å². The second kappa shape index (κ2) is 5.35. The second-order valence-corrected chi connectivity index (χ2v) is 7.04. The van der Waals surface area contributed by atoms with Crippen LogP contribution < -0.4 is 5.32 Å². The molecule has 1 amide bonds. The molecule has 1 aliphatic carbocycles. The number of alkyl halides is 2. The molecular formula is C15H15Cl2N3O. The highest BCUT2D eigenvalue weighted by Crippen LogP contribution is 2.42. The molecule has 0 unspecified atom stereocenters. The van der Waals surface area contributed by atoms with E-state index in [0.717, 1.165) is 11.3 Å². The first-order valence-corrected chi connectivity index (χ1v) is 7.50. The van der Waals surface area contributed by atoms with Crippen LogP contribution in [0.15, 0.2) is 36.7 Å². The maximum atomic E-state index is 12.1. The van der Waals surface area contributed by atoms with E-state index in [1.165, 1.54) is 0 Å². The Morgan fingerprint density at radius 1 is 1.38 bits per heavy atom. The Kier molecular flexibility index (Phi) is 3.68. The summed E-state index contributed by atoms with van der Waals surface area (Å²) in [5, 5.41) is 7.16. The highest BCUT2D eigenvalue weighted by atomic mass is 35.5. The molecule has 1 aromatic heterocycles. The van der Waals surface area contributed by atoms with Crippen LogP contribution in [-0.2, 0) is 0 Å². The van der Waals surface area contributed by atoms with Crippen molar-refractivity contribution in [3.8, 4) is 5.69 Å². The zero-order valence-corrected chi connectivity index (χ0v) is 13.0. The summed E-state index contributed by atoms with van der Waals surface area (Å²) in [6.07, 6.45) is 4.45. The van der Waals surface area contributed by atoms with Gasteiger partial charge >= 0.3 is 0 Å². The van der Waals surface area contributed by atoms with Crippen molar-refractivity contribution in [3.63, 3.8) is 0 Å². The van der Waals surface area contributed by atoms with E-state index in [1.54, 1.807) is 17.1 Å². The monoisotopic (exact) mass is 323 g/mol. The standard InChI is InChI=1S/C15H15Cl2N3O/c1-10-4-2-3-5-13(10)20-9-11(8-18-20)14(21)19-12-6-15(16,17)7-12/h2-5,8-9,12H,6-7H2,1H3,(H,19,21). The Labute approximate surface area is 133 Å². The molecule has 1 saturated carbocycles. The van der Waals surface area contributed by atoms with E-state index in [-0.39, 0.29) is 11.9 Å². The first kappa shape index (κ1) is 14.4. The number of nitrogens with one attached hydrogen (secondary N) is 1. The summed E-state index contributed by atoms with van der Waals surface area (Å²) in [4.78, 5) is 12.1. The van der Waals surface area contributed by atoms with Crippen LogP contribution in [0.25, 0.3) is 5.69 Å². The molecule has 0 radical (unpaired) electrons. The lowest BCUT2D eigenvalue weighted by Crippen LogP contribution is -2.49. The van der Waals surface area contributed by atoms with Crippen LogP contribution in [0.3, 0.4) is 0 Å². The van der Waals surface area contributed by atoms with Crippen LogP contribution in [0, 0.1) is 6.92 Å². The van der Waals surface area contributed by atoms with Crippen LogP contribution in [0.5, 0.6) is 0 Å².